The zero-order valence-corrected chi connectivity index (χ0v) is 20.9. The summed E-state index contributed by atoms with van der Waals surface area (Å²) < 4.78 is 5.30. The van der Waals surface area contributed by atoms with Crippen molar-refractivity contribution in [3.63, 3.8) is 0 Å². The van der Waals surface area contributed by atoms with Gasteiger partial charge in [-0.05, 0) is 89.1 Å². The lowest BCUT2D eigenvalue weighted by Crippen LogP contribution is -2.44. The Bertz CT molecular complexity index is 1140. The highest BCUT2D eigenvalue weighted by molar-refractivity contribution is 6.00. The Morgan fingerprint density at radius 1 is 1.11 bits per heavy atom. The van der Waals surface area contributed by atoms with Gasteiger partial charge in [-0.25, -0.2) is 4.79 Å². The van der Waals surface area contributed by atoms with E-state index in [1.165, 1.54) is 0 Å². The van der Waals surface area contributed by atoms with Gasteiger partial charge in [-0.2, -0.15) is 0 Å². The number of nitrogens with one attached hydrogen (secondary N) is 2. The van der Waals surface area contributed by atoms with Crippen molar-refractivity contribution in [3.8, 4) is 11.3 Å². The van der Waals surface area contributed by atoms with E-state index in [2.05, 4.69) is 10.3 Å². The van der Waals surface area contributed by atoms with Crippen molar-refractivity contribution in [1.82, 2.24) is 15.2 Å². The molecule has 2 saturated carbocycles. The van der Waals surface area contributed by atoms with Gasteiger partial charge in [0.1, 0.15) is 5.60 Å². The lowest BCUT2D eigenvalue weighted by atomic mass is 9.88. The van der Waals surface area contributed by atoms with Gasteiger partial charge in [-0.15, -0.1) is 0 Å². The second-order valence-corrected chi connectivity index (χ2v) is 10.4. The summed E-state index contributed by atoms with van der Waals surface area (Å²) in [6.45, 7) is 7.45. The molecule has 0 radical (unpaired) electrons. The van der Waals surface area contributed by atoms with Crippen molar-refractivity contribution >= 4 is 17.7 Å². The maximum absolute atomic E-state index is 13.6. The van der Waals surface area contributed by atoms with Gasteiger partial charge in [0.25, 0.3) is 5.91 Å². The first-order valence-electron chi connectivity index (χ1n) is 12.2. The van der Waals surface area contributed by atoms with E-state index in [9.17, 15) is 9.59 Å². The van der Waals surface area contributed by atoms with Crippen molar-refractivity contribution in [2.45, 2.75) is 77.5 Å². The van der Waals surface area contributed by atoms with E-state index < -0.39 is 11.7 Å². The molecule has 2 amide bonds. The summed E-state index contributed by atoms with van der Waals surface area (Å²) in [6.07, 6.45) is 6.67. The highest BCUT2D eigenvalue weighted by Gasteiger charge is 2.39. The first-order valence-corrected chi connectivity index (χ1v) is 12.2. The molecular formula is C28H34N4O3. The van der Waals surface area contributed by atoms with Crippen LogP contribution in [0.1, 0.15) is 68.8 Å². The highest BCUT2D eigenvalue weighted by atomic mass is 16.6. The fraction of sp³-hybridized carbons (Fsp3) is 0.429. The molecule has 2 aromatic rings. The van der Waals surface area contributed by atoms with E-state index in [0.717, 1.165) is 41.7 Å². The number of aryl methyl sites for hydroxylation is 1. The monoisotopic (exact) mass is 474 g/mol. The number of hydrogen-bond acceptors (Lipinski definition) is 5. The average Bonchev–Trinajstić information content (AvgIpc) is 3.64. The van der Waals surface area contributed by atoms with Crippen molar-refractivity contribution in [2.75, 3.05) is 0 Å². The molecule has 7 heteroatoms. The molecule has 0 bridgehead atoms. The molecule has 1 aromatic carbocycles. The Balaban J connectivity index is 1.49. The second kappa shape index (κ2) is 10.0. The molecule has 1 unspecified atom stereocenters. The first kappa shape index (κ1) is 24.6. The predicted octanol–water partition coefficient (Wildman–Crippen LogP) is 5.64. The number of carbonyl (C=O) groups is 2. The molecule has 0 saturated heterocycles. The third kappa shape index (κ3) is 6.15. The summed E-state index contributed by atoms with van der Waals surface area (Å²) in [7, 11) is 0. The van der Waals surface area contributed by atoms with Crippen molar-refractivity contribution in [3.05, 3.63) is 65.5 Å². The first-order chi connectivity index (χ1) is 16.6. The van der Waals surface area contributed by atoms with Crippen LogP contribution in [-0.4, -0.2) is 45.3 Å². The van der Waals surface area contributed by atoms with Crippen LogP contribution in [0.25, 0.3) is 11.3 Å². The van der Waals surface area contributed by atoms with E-state index in [-0.39, 0.29) is 18.0 Å². The molecular weight excluding hydrogens is 440 g/mol. The fourth-order valence-corrected chi connectivity index (χ4v) is 4.48. The quantitative estimate of drug-likeness (QED) is 0.586. The lowest BCUT2D eigenvalue weighted by Gasteiger charge is -2.36. The van der Waals surface area contributed by atoms with Gasteiger partial charge >= 0.3 is 6.09 Å². The molecule has 1 atom stereocenters. The number of hydrogen-bond donors (Lipinski definition) is 2. The van der Waals surface area contributed by atoms with E-state index in [0.29, 0.717) is 24.1 Å². The largest absolute Gasteiger partial charge is 0.444 e. The number of alkyl carbamates (subject to hydrolysis) is 1. The molecule has 2 N–H and O–H groups in total. The molecule has 2 aliphatic carbocycles. The van der Waals surface area contributed by atoms with E-state index in [4.69, 9.17) is 10.1 Å². The van der Waals surface area contributed by atoms with Crippen LogP contribution in [0.3, 0.4) is 0 Å². The van der Waals surface area contributed by atoms with Gasteiger partial charge < -0.3 is 15.0 Å². The van der Waals surface area contributed by atoms with Crippen LogP contribution in [0.4, 0.5) is 4.79 Å². The van der Waals surface area contributed by atoms with Crippen LogP contribution in [0, 0.1) is 12.3 Å². The number of amides is 2. The standard InChI is InChI=1S/C28H34N4O3/c1-18-6-5-15-30-25(18)19-7-9-20(10-8-19)26(33)32(22-11-12-22)23-13-14-24(29)21(16-23)17-31-27(34)35-28(2,3)4/h5-10,15,17,22-23,29H,11-14,16H2,1-4H3,(H,31,34)/b21-17-,29-24?. The van der Waals surface area contributed by atoms with Crippen LogP contribution >= 0.6 is 0 Å². The third-order valence-corrected chi connectivity index (χ3v) is 6.32. The second-order valence-electron chi connectivity index (χ2n) is 10.4. The number of carbonyl (C=O) groups excluding carboxylic acids is 2. The van der Waals surface area contributed by atoms with E-state index >= 15 is 0 Å². The van der Waals surface area contributed by atoms with Crippen LogP contribution in [0.5, 0.6) is 0 Å². The summed E-state index contributed by atoms with van der Waals surface area (Å²) in [5.74, 6) is 0.0228. The van der Waals surface area contributed by atoms with Crippen LogP contribution in [0.2, 0.25) is 0 Å². The zero-order chi connectivity index (χ0) is 25.2. The molecule has 2 fully saturated rings. The Morgan fingerprint density at radius 2 is 1.83 bits per heavy atom. The molecule has 1 aromatic heterocycles. The van der Waals surface area contributed by atoms with Gasteiger partial charge in [-0.1, -0.05) is 18.2 Å². The SMILES string of the molecule is Cc1cccnc1-c1ccc(C(=O)N(C2CC2)C2CCC(=N)/C(=C\NC(=O)OC(C)(C)C)C2)cc1. The molecule has 0 spiro atoms. The van der Waals surface area contributed by atoms with Crippen molar-refractivity contribution < 1.29 is 14.3 Å². The van der Waals surface area contributed by atoms with E-state index in [1.807, 2.05) is 69.0 Å². The molecule has 1 heterocycles. The van der Waals surface area contributed by atoms with Gasteiger partial charge in [-0.3, -0.25) is 15.1 Å². The van der Waals surface area contributed by atoms with Gasteiger partial charge in [0.2, 0.25) is 0 Å². The lowest BCUT2D eigenvalue weighted by molar-refractivity contribution is 0.0549. The Hall–Kier alpha value is -3.48. The number of nitrogens with zero attached hydrogens (tertiary/aromatic N) is 2. The third-order valence-electron chi connectivity index (χ3n) is 6.32. The maximum Gasteiger partial charge on any atom is 0.411 e. The summed E-state index contributed by atoms with van der Waals surface area (Å²) in [4.78, 5) is 32.1. The Morgan fingerprint density at radius 3 is 2.46 bits per heavy atom. The smallest absolute Gasteiger partial charge is 0.411 e. The van der Waals surface area contributed by atoms with Crippen molar-refractivity contribution in [1.29, 1.82) is 5.41 Å². The molecule has 7 nitrogen and oxygen atoms in total. The zero-order valence-electron chi connectivity index (χ0n) is 20.9. The van der Waals surface area contributed by atoms with Crippen LogP contribution in [0.15, 0.2) is 54.4 Å². The molecule has 2 aliphatic rings. The topological polar surface area (TPSA) is 95.4 Å². The molecule has 4 rings (SSSR count). The molecule has 35 heavy (non-hydrogen) atoms. The van der Waals surface area contributed by atoms with Gasteiger partial charge in [0.05, 0.1) is 5.69 Å². The number of rotatable bonds is 5. The number of pyridine rings is 1. The minimum absolute atomic E-state index is 0.00602. The number of benzene rings is 1. The predicted molar refractivity (Wildman–Crippen MR) is 136 cm³/mol. The summed E-state index contributed by atoms with van der Waals surface area (Å²) in [5, 5.41) is 11.0. The number of ether oxygens (including phenoxy) is 1. The Labute approximate surface area is 207 Å². The maximum atomic E-state index is 13.6. The van der Waals surface area contributed by atoms with Gasteiger partial charge in [0, 0.05) is 41.3 Å². The summed E-state index contributed by atoms with van der Waals surface area (Å²) in [5.41, 5.74) is 4.31. The average molecular weight is 475 g/mol. The number of aromatic nitrogens is 1. The molecule has 184 valence electrons. The van der Waals surface area contributed by atoms with Crippen molar-refractivity contribution in [2.24, 2.45) is 0 Å². The van der Waals surface area contributed by atoms with Crippen LogP contribution in [-0.2, 0) is 4.74 Å². The van der Waals surface area contributed by atoms with E-state index in [1.54, 1.807) is 12.4 Å². The minimum atomic E-state index is -0.592. The Kier molecular flexibility index (Phi) is 7.05. The fourth-order valence-electron chi connectivity index (χ4n) is 4.48. The molecule has 0 aliphatic heterocycles. The highest BCUT2D eigenvalue weighted by Crippen LogP contribution is 2.36. The summed E-state index contributed by atoms with van der Waals surface area (Å²) in [6, 6.07) is 11.9. The summed E-state index contributed by atoms with van der Waals surface area (Å²) >= 11 is 0. The van der Waals surface area contributed by atoms with Gasteiger partial charge in [0.15, 0.2) is 0 Å². The van der Waals surface area contributed by atoms with Crippen LogP contribution < -0.4 is 5.32 Å². The normalized spacial score (nSPS) is 19.4. The minimum Gasteiger partial charge on any atom is -0.444 e.